The molecule has 6 spiro atoms. The van der Waals surface area contributed by atoms with E-state index in [4.69, 9.17) is 65.1 Å². The smallest absolute Gasteiger partial charge is 0.340 e. The zero-order chi connectivity index (χ0) is 68.3. The van der Waals surface area contributed by atoms with Crippen LogP contribution in [0.1, 0.15) is 201 Å². The van der Waals surface area contributed by atoms with Gasteiger partial charge in [0.25, 0.3) is 0 Å². The van der Waals surface area contributed by atoms with Crippen molar-refractivity contribution in [2.45, 2.75) is 338 Å². The summed E-state index contributed by atoms with van der Waals surface area (Å²) < 4.78 is 141. The van der Waals surface area contributed by atoms with E-state index in [1.54, 1.807) is 0 Å². The summed E-state index contributed by atoms with van der Waals surface area (Å²) in [6.07, 6.45) is -0.0904. The summed E-state index contributed by atoms with van der Waals surface area (Å²) in [6.45, 7) is 0. The lowest BCUT2D eigenvalue weighted by molar-refractivity contribution is -0.233. The van der Waals surface area contributed by atoms with Crippen LogP contribution in [0.2, 0.25) is 0 Å². The number of fused-ring (bicyclic) bond motifs is 6. The van der Waals surface area contributed by atoms with Crippen LogP contribution in [0.5, 0.6) is 0 Å². The van der Waals surface area contributed by atoms with Crippen molar-refractivity contribution in [3.05, 3.63) is 0 Å². The molecule has 18 rings (SSSR count). The standard InChI is InChI=1S/6C10H14O5/c6*11-8-6-7(9(12)13-8)15-10(14-6)4-2-1-3-5-10/h6*6-8,11H,1-5H2/t4*6-,7+,8?;;/m1100../s1/i6D,7D;;6D,7D;;6D,7D;. The third-order valence-electron chi connectivity index (χ3n) is 19.2. The Bertz CT molecular complexity index is 2650. The Morgan fingerprint density at radius 1 is 0.244 bits per heavy atom. The van der Waals surface area contributed by atoms with E-state index in [0.717, 1.165) is 135 Å². The lowest BCUT2D eigenvalue weighted by Gasteiger charge is -2.32. The highest BCUT2D eigenvalue weighted by molar-refractivity contribution is 5.80. The van der Waals surface area contributed by atoms with Crippen molar-refractivity contribution in [2.24, 2.45) is 0 Å². The van der Waals surface area contributed by atoms with Gasteiger partial charge in [-0.2, -0.15) is 0 Å². The third kappa shape index (κ3) is 12.9. The molecular weight excluding hydrogens is 1200 g/mol. The van der Waals surface area contributed by atoms with Crippen molar-refractivity contribution >= 4 is 35.8 Å². The molecule has 0 bridgehead atoms. The predicted molar refractivity (Wildman–Crippen MR) is 286 cm³/mol. The summed E-state index contributed by atoms with van der Waals surface area (Å²) >= 11 is 0. The Labute approximate surface area is 525 Å². The van der Waals surface area contributed by atoms with Crippen molar-refractivity contribution in [1.29, 1.82) is 0 Å². The molecule has 12 heterocycles. The average Bonchev–Trinajstić information content (AvgIpc) is 1.54. The van der Waals surface area contributed by atoms with Crippen LogP contribution in [0.4, 0.5) is 0 Å². The van der Waals surface area contributed by atoms with E-state index in [1.165, 1.54) is 19.3 Å². The van der Waals surface area contributed by atoms with Gasteiger partial charge in [0, 0.05) is 77.0 Å². The van der Waals surface area contributed by atoms with Crippen LogP contribution in [-0.2, 0) is 114 Å². The normalized spacial score (nSPS) is 48.9. The summed E-state index contributed by atoms with van der Waals surface area (Å²) in [6, 6.07) is 0. The van der Waals surface area contributed by atoms with Crippen molar-refractivity contribution < 1.29 is 153 Å². The molecule has 30 heteroatoms. The Morgan fingerprint density at radius 3 is 0.622 bits per heavy atom. The minimum atomic E-state index is -2.27. The largest absolute Gasteiger partial charge is 0.431 e. The van der Waals surface area contributed by atoms with Gasteiger partial charge in [-0.1, -0.05) is 38.5 Å². The highest BCUT2D eigenvalue weighted by Crippen LogP contribution is 2.50. The number of ether oxygens (including phenoxy) is 18. The summed E-state index contributed by atoms with van der Waals surface area (Å²) in [4.78, 5) is 68.5. The maximum atomic E-state index is 11.5. The van der Waals surface area contributed by atoms with Gasteiger partial charge in [0.05, 0.1) is 8.22 Å². The first-order chi connectivity index (χ1) is 45.4. The summed E-state index contributed by atoms with van der Waals surface area (Å²) in [7, 11) is 0. The first-order valence-electron chi connectivity index (χ1n) is 35.0. The maximum Gasteiger partial charge on any atom is 0.340 e. The van der Waals surface area contributed by atoms with Gasteiger partial charge in [-0.15, -0.1) is 0 Å². The van der Waals surface area contributed by atoms with Crippen molar-refractivity contribution in [2.75, 3.05) is 0 Å². The molecule has 18 aliphatic rings. The molecule has 12 aliphatic heterocycles. The number of aliphatic hydroxyl groups is 6. The first kappa shape index (κ1) is 57.5. The highest BCUT2D eigenvalue weighted by atomic mass is 16.8. The molecule has 0 aromatic rings. The minimum Gasteiger partial charge on any atom is -0.431 e. The van der Waals surface area contributed by atoms with Crippen molar-refractivity contribution in [3.63, 3.8) is 0 Å². The fourth-order valence-electron chi connectivity index (χ4n) is 14.8. The highest BCUT2D eigenvalue weighted by Gasteiger charge is 2.64. The van der Waals surface area contributed by atoms with E-state index < -0.39 is 181 Å². The number of esters is 6. The Hall–Kier alpha value is -3.90. The van der Waals surface area contributed by atoms with E-state index in [-0.39, 0.29) is 0 Å². The molecule has 12 saturated heterocycles. The van der Waals surface area contributed by atoms with E-state index >= 15 is 0 Å². The Morgan fingerprint density at radius 2 is 0.433 bits per heavy atom. The van der Waals surface area contributed by atoms with E-state index in [2.05, 4.69) is 28.4 Å². The Balaban J connectivity index is 0.000000104. The van der Waals surface area contributed by atoms with Gasteiger partial charge in [-0.05, 0) is 77.0 Å². The fourth-order valence-corrected chi connectivity index (χ4v) is 14.8. The molecule has 0 aromatic carbocycles. The topological polar surface area (TPSA) is 390 Å². The summed E-state index contributed by atoms with van der Waals surface area (Å²) in [5, 5.41) is 57.0. The molecule has 18 fully saturated rings. The van der Waals surface area contributed by atoms with E-state index in [9.17, 15) is 59.4 Å². The van der Waals surface area contributed by atoms with Crippen molar-refractivity contribution in [1.82, 2.24) is 0 Å². The van der Waals surface area contributed by atoms with Gasteiger partial charge in [0.15, 0.2) is 108 Å². The average molecular weight is 1290 g/mol. The van der Waals surface area contributed by atoms with Gasteiger partial charge in [-0.25, -0.2) is 28.8 Å². The molecule has 0 amide bonds. The summed E-state index contributed by atoms with van der Waals surface area (Å²) in [5.41, 5.74) is 0. The molecule has 6 aliphatic carbocycles. The SMILES string of the molecule is O=C1OC(O)C2OC3(CCCCC3)OC12.O=C1OC(O)[C@@H]2OC3(CCCCC3)O[C@H]12.O=C1OC(O)[C@H]2OC3(CCCCC3)O[C@@H]12.[2H]C12OC3(CCCCC3)OC1([2H])C(O)OC2=O.[2H][C@@]12OC3(CCCCC3)O[C@]1([2H])C(=O)OC2O.[2H][C@@]12OC3(CCCCC3)O[C@]1([2H])C(O)OC2=O. The van der Waals surface area contributed by atoms with Crippen LogP contribution >= 0.6 is 0 Å². The fraction of sp³-hybridized carbons (Fsp3) is 0.900. The van der Waals surface area contributed by atoms with Crippen LogP contribution in [-0.4, -0.2) is 212 Å². The number of rotatable bonds is 0. The van der Waals surface area contributed by atoms with E-state index in [0.29, 0.717) is 38.5 Å². The van der Waals surface area contributed by atoms with Gasteiger partial charge in [0.2, 0.25) is 37.7 Å². The zero-order valence-electron chi connectivity index (χ0n) is 55.6. The Kier molecular flexibility index (Phi) is 16.6. The van der Waals surface area contributed by atoms with Crippen molar-refractivity contribution in [3.8, 4) is 0 Å². The second-order valence-electron chi connectivity index (χ2n) is 25.6. The molecule has 18 atom stereocenters. The molecule has 10 unspecified atom stereocenters. The number of aliphatic hydroxyl groups excluding tert-OH is 6. The van der Waals surface area contributed by atoms with Crippen LogP contribution in [0.15, 0.2) is 0 Å². The lowest BCUT2D eigenvalue weighted by Crippen LogP contribution is -2.36. The molecule has 6 N–H and O–H groups in total. The predicted octanol–water partition coefficient (Wildman–Crippen LogP) is 1.84. The first-order valence-corrected chi connectivity index (χ1v) is 32.0. The molecular formula is C60H84O30. The van der Waals surface area contributed by atoms with Crippen LogP contribution < -0.4 is 0 Å². The van der Waals surface area contributed by atoms with Crippen LogP contribution in [0.25, 0.3) is 0 Å². The number of hydrogen-bond acceptors (Lipinski definition) is 30. The zero-order valence-corrected chi connectivity index (χ0v) is 49.6. The third-order valence-corrected chi connectivity index (χ3v) is 19.2. The van der Waals surface area contributed by atoms with Crippen LogP contribution in [0.3, 0.4) is 0 Å². The minimum absolute atomic E-state index is 0.505. The maximum absolute atomic E-state index is 11.5. The number of hydrogen-bond donors (Lipinski definition) is 6. The van der Waals surface area contributed by atoms with Gasteiger partial charge in [0.1, 0.15) is 0 Å². The molecule has 30 nitrogen and oxygen atoms in total. The van der Waals surface area contributed by atoms with Gasteiger partial charge in [-0.3, -0.25) is 0 Å². The molecule has 504 valence electrons. The second kappa shape index (κ2) is 26.0. The second-order valence-corrected chi connectivity index (χ2v) is 25.6. The van der Waals surface area contributed by atoms with E-state index in [1.807, 2.05) is 0 Å². The monoisotopic (exact) mass is 1290 g/mol. The molecule has 0 radical (unpaired) electrons. The van der Waals surface area contributed by atoms with Crippen LogP contribution in [0, 0.1) is 0 Å². The summed E-state index contributed by atoms with van der Waals surface area (Å²) in [5.74, 6) is -9.81. The quantitative estimate of drug-likeness (QED) is 0.149. The number of cyclic esters (lactones) is 6. The molecule has 0 aromatic heterocycles. The number of carbonyl (C=O) groups excluding carboxylic acids is 6. The van der Waals surface area contributed by atoms with Gasteiger partial charge < -0.3 is 116 Å². The number of carbonyl (C=O) groups is 6. The molecule has 90 heavy (non-hydrogen) atoms. The van der Waals surface area contributed by atoms with Gasteiger partial charge >= 0.3 is 35.8 Å². The lowest BCUT2D eigenvalue weighted by atomic mass is 9.94. The molecule has 6 saturated carbocycles.